The number of aryl methyl sites for hydroxylation is 1. The largest absolute Gasteiger partial charge is 0.373 e. The fourth-order valence-electron chi connectivity index (χ4n) is 2.58. The van der Waals surface area contributed by atoms with Crippen molar-refractivity contribution in [3.63, 3.8) is 0 Å². The van der Waals surface area contributed by atoms with E-state index in [1.807, 2.05) is 19.2 Å². The summed E-state index contributed by atoms with van der Waals surface area (Å²) in [5, 5.41) is 3.21. The van der Waals surface area contributed by atoms with E-state index in [0.29, 0.717) is 0 Å². The highest BCUT2D eigenvalue weighted by Crippen LogP contribution is 2.27. The molecule has 0 unspecified atom stereocenters. The molecule has 1 aliphatic carbocycles. The summed E-state index contributed by atoms with van der Waals surface area (Å²) in [6.07, 6.45) is 4.14. The minimum atomic E-state index is 0.767. The first-order chi connectivity index (χ1) is 9.28. The molecule has 1 aromatic carbocycles. The van der Waals surface area contributed by atoms with Crippen molar-refractivity contribution in [1.29, 1.82) is 0 Å². The molecule has 0 radical (unpaired) electrons. The highest BCUT2D eigenvalue weighted by Gasteiger charge is 2.18. The standard InChI is InChI=1S/C15H16BrN3/c1-17-15-11-6-4-8-13(11)18-14(19-15)9-10-5-2-3-7-12(10)16/h2-3,5,7H,4,6,8-9H2,1H3,(H,17,18,19). The molecule has 1 aromatic heterocycles. The van der Waals surface area contributed by atoms with E-state index < -0.39 is 0 Å². The minimum absolute atomic E-state index is 0.767. The topological polar surface area (TPSA) is 37.8 Å². The van der Waals surface area contributed by atoms with Crippen molar-refractivity contribution in [3.05, 3.63) is 51.4 Å². The van der Waals surface area contributed by atoms with E-state index in [4.69, 9.17) is 4.98 Å². The van der Waals surface area contributed by atoms with E-state index in [1.54, 1.807) is 0 Å². The Morgan fingerprint density at radius 3 is 2.84 bits per heavy atom. The Balaban J connectivity index is 1.96. The summed E-state index contributed by atoms with van der Waals surface area (Å²) in [5.74, 6) is 1.90. The van der Waals surface area contributed by atoms with E-state index >= 15 is 0 Å². The van der Waals surface area contributed by atoms with Crippen molar-refractivity contribution < 1.29 is 0 Å². The van der Waals surface area contributed by atoms with Gasteiger partial charge in [-0.05, 0) is 30.9 Å². The van der Waals surface area contributed by atoms with Crippen LogP contribution in [-0.2, 0) is 19.3 Å². The summed E-state index contributed by atoms with van der Waals surface area (Å²) in [5.41, 5.74) is 3.75. The Morgan fingerprint density at radius 2 is 2.05 bits per heavy atom. The van der Waals surface area contributed by atoms with Crippen LogP contribution in [0.1, 0.15) is 29.1 Å². The van der Waals surface area contributed by atoms with Crippen molar-refractivity contribution in [2.45, 2.75) is 25.7 Å². The molecule has 0 fully saturated rings. The molecule has 0 atom stereocenters. The van der Waals surface area contributed by atoms with Crippen LogP contribution in [0.2, 0.25) is 0 Å². The van der Waals surface area contributed by atoms with Gasteiger partial charge in [-0.1, -0.05) is 34.1 Å². The van der Waals surface area contributed by atoms with Crippen LogP contribution in [0.15, 0.2) is 28.7 Å². The summed E-state index contributed by atoms with van der Waals surface area (Å²) in [6, 6.07) is 8.24. The van der Waals surface area contributed by atoms with Gasteiger partial charge < -0.3 is 5.32 Å². The highest BCUT2D eigenvalue weighted by atomic mass is 79.9. The van der Waals surface area contributed by atoms with Gasteiger partial charge in [0, 0.05) is 29.2 Å². The molecule has 98 valence electrons. The molecule has 2 aromatic rings. The maximum absolute atomic E-state index is 4.73. The summed E-state index contributed by atoms with van der Waals surface area (Å²) >= 11 is 3.58. The predicted molar refractivity (Wildman–Crippen MR) is 80.6 cm³/mol. The zero-order chi connectivity index (χ0) is 13.2. The van der Waals surface area contributed by atoms with Gasteiger partial charge in [0.2, 0.25) is 0 Å². The second-order valence-corrected chi connectivity index (χ2v) is 5.64. The lowest BCUT2D eigenvalue weighted by Crippen LogP contribution is -2.06. The van der Waals surface area contributed by atoms with Gasteiger partial charge in [0.25, 0.3) is 0 Å². The van der Waals surface area contributed by atoms with E-state index in [0.717, 1.165) is 35.4 Å². The quantitative estimate of drug-likeness (QED) is 0.943. The Labute approximate surface area is 121 Å². The molecule has 0 saturated heterocycles. The average Bonchev–Trinajstić information content (AvgIpc) is 2.89. The second-order valence-electron chi connectivity index (χ2n) is 4.79. The van der Waals surface area contributed by atoms with E-state index in [2.05, 4.69) is 38.4 Å². The molecule has 0 amide bonds. The summed E-state index contributed by atoms with van der Waals surface area (Å²) in [7, 11) is 1.93. The van der Waals surface area contributed by atoms with Crippen LogP contribution in [-0.4, -0.2) is 17.0 Å². The number of nitrogens with one attached hydrogen (secondary N) is 1. The Bertz CT molecular complexity index is 610. The van der Waals surface area contributed by atoms with Crippen molar-refractivity contribution >= 4 is 21.7 Å². The zero-order valence-corrected chi connectivity index (χ0v) is 12.5. The number of rotatable bonds is 3. The Kier molecular flexibility index (Phi) is 3.51. The monoisotopic (exact) mass is 317 g/mol. The van der Waals surface area contributed by atoms with Crippen LogP contribution in [0.3, 0.4) is 0 Å². The third-order valence-electron chi connectivity index (χ3n) is 3.52. The van der Waals surface area contributed by atoms with Crippen molar-refractivity contribution in [2.75, 3.05) is 12.4 Å². The van der Waals surface area contributed by atoms with E-state index in [-0.39, 0.29) is 0 Å². The van der Waals surface area contributed by atoms with E-state index in [9.17, 15) is 0 Å². The van der Waals surface area contributed by atoms with Gasteiger partial charge >= 0.3 is 0 Å². The zero-order valence-electron chi connectivity index (χ0n) is 10.9. The third kappa shape index (κ3) is 2.50. The number of benzene rings is 1. The first kappa shape index (κ1) is 12.6. The summed E-state index contributed by atoms with van der Waals surface area (Å²) < 4.78 is 1.12. The second kappa shape index (κ2) is 5.29. The molecule has 1 aliphatic rings. The maximum atomic E-state index is 4.73. The molecule has 1 N–H and O–H groups in total. The average molecular weight is 318 g/mol. The number of hydrogen-bond acceptors (Lipinski definition) is 3. The first-order valence-corrected chi connectivity index (χ1v) is 7.37. The van der Waals surface area contributed by atoms with Gasteiger partial charge in [0.1, 0.15) is 11.6 Å². The first-order valence-electron chi connectivity index (χ1n) is 6.57. The molecule has 0 aliphatic heterocycles. The molecule has 1 heterocycles. The molecule has 3 rings (SSSR count). The molecule has 0 spiro atoms. The Morgan fingerprint density at radius 1 is 1.21 bits per heavy atom. The van der Waals surface area contributed by atoms with Crippen LogP contribution in [0.4, 0.5) is 5.82 Å². The van der Waals surface area contributed by atoms with Crippen LogP contribution in [0, 0.1) is 0 Å². The third-order valence-corrected chi connectivity index (χ3v) is 4.30. The molecule has 19 heavy (non-hydrogen) atoms. The van der Waals surface area contributed by atoms with E-state index in [1.165, 1.54) is 23.2 Å². The molecule has 4 heteroatoms. The summed E-state index contributed by atoms with van der Waals surface area (Å²) in [4.78, 5) is 9.38. The van der Waals surface area contributed by atoms with Crippen LogP contribution in [0.5, 0.6) is 0 Å². The lowest BCUT2D eigenvalue weighted by Gasteiger charge is -2.10. The van der Waals surface area contributed by atoms with Crippen molar-refractivity contribution in [2.24, 2.45) is 0 Å². The van der Waals surface area contributed by atoms with Crippen molar-refractivity contribution in [3.8, 4) is 0 Å². The summed E-state index contributed by atoms with van der Waals surface area (Å²) in [6.45, 7) is 0. The Hall–Kier alpha value is -1.42. The van der Waals surface area contributed by atoms with Gasteiger partial charge in [-0.25, -0.2) is 9.97 Å². The highest BCUT2D eigenvalue weighted by molar-refractivity contribution is 9.10. The fourth-order valence-corrected chi connectivity index (χ4v) is 3.01. The van der Waals surface area contributed by atoms with Gasteiger partial charge in [-0.15, -0.1) is 0 Å². The maximum Gasteiger partial charge on any atom is 0.135 e. The van der Waals surface area contributed by atoms with Gasteiger partial charge in [-0.3, -0.25) is 0 Å². The number of fused-ring (bicyclic) bond motifs is 1. The molecule has 0 saturated carbocycles. The molecular weight excluding hydrogens is 302 g/mol. The predicted octanol–water partition coefficient (Wildman–Crippen LogP) is 3.36. The normalized spacial score (nSPS) is 13.4. The number of hydrogen-bond donors (Lipinski definition) is 1. The molecule has 3 nitrogen and oxygen atoms in total. The molecular formula is C15H16BrN3. The SMILES string of the molecule is CNc1nc(Cc2ccccc2Br)nc2c1CCC2. The number of aromatic nitrogens is 2. The lowest BCUT2D eigenvalue weighted by molar-refractivity contribution is 0.885. The number of nitrogens with zero attached hydrogens (tertiary/aromatic N) is 2. The fraction of sp³-hybridized carbons (Fsp3) is 0.333. The smallest absolute Gasteiger partial charge is 0.135 e. The lowest BCUT2D eigenvalue weighted by atomic mass is 10.1. The van der Waals surface area contributed by atoms with Gasteiger partial charge in [0.05, 0.1) is 0 Å². The van der Waals surface area contributed by atoms with Crippen LogP contribution >= 0.6 is 15.9 Å². The van der Waals surface area contributed by atoms with Gasteiger partial charge in [0.15, 0.2) is 0 Å². The molecule has 0 bridgehead atoms. The van der Waals surface area contributed by atoms with Crippen molar-refractivity contribution in [1.82, 2.24) is 9.97 Å². The number of anilines is 1. The number of halogens is 1. The van der Waals surface area contributed by atoms with Crippen LogP contribution in [0.25, 0.3) is 0 Å². The minimum Gasteiger partial charge on any atom is -0.373 e. The van der Waals surface area contributed by atoms with Crippen LogP contribution < -0.4 is 5.32 Å². The van der Waals surface area contributed by atoms with Gasteiger partial charge in [-0.2, -0.15) is 0 Å².